The fourth-order valence-corrected chi connectivity index (χ4v) is 1.58. The van der Waals surface area contributed by atoms with Crippen molar-refractivity contribution in [2.45, 2.75) is 5.50 Å². The normalized spacial score (nSPS) is 14.0. The van der Waals surface area contributed by atoms with Gasteiger partial charge in [-0.05, 0) is 12.1 Å². The highest BCUT2D eigenvalue weighted by atomic mass is 35.7. The Balaban J connectivity index is 3.04. The summed E-state index contributed by atoms with van der Waals surface area (Å²) in [5.41, 5.74) is -2.36. The molecule has 1 aromatic carbocycles. The first kappa shape index (κ1) is 10.3. The van der Waals surface area contributed by atoms with Gasteiger partial charge in [0, 0.05) is 16.2 Å². The molecule has 0 saturated carbocycles. The Morgan fingerprint density at radius 1 is 1.31 bits per heavy atom. The molecule has 0 radical (unpaired) electrons. The predicted octanol–water partition coefficient (Wildman–Crippen LogP) is 1.93. The molecular weight excluding hydrogens is 219 g/mol. The van der Waals surface area contributed by atoms with E-state index < -0.39 is 14.6 Å². The lowest BCUT2D eigenvalue weighted by Crippen LogP contribution is -2.00. The third-order valence-electron chi connectivity index (χ3n) is 1.40. The second-order valence-electron chi connectivity index (χ2n) is 2.38. The van der Waals surface area contributed by atoms with Crippen LogP contribution in [0.4, 0.5) is 4.39 Å². The molecule has 0 aliphatic rings. The molecular formula is C7H6ClFO3S. The number of halogens is 2. The molecule has 0 fully saturated rings. The summed E-state index contributed by atoms with van der Waals surface area (Å²) in [7, 11) is 0.548. The second kappa shape index (κ2) is 3.51. The van der Waals surface area contributed by atoms with Gasteiger partial charge in [-0.3, -0.25) is 0 Å². The lowest BCUT2D eigenvalue weighted by molar-refractivity contribution is 0.436. The van der Waals surface area contributed by atoms with Crippen molar-refractivity contribution >= 4 is 19.7 Å². The monoisotopic (exact) mass is 224 g/mol. The van der Waals surface area contributed by atoms with Gasteiger partial charge in [-0.1, -0.05) is 12.1 Å². The van der Waals surface area contributed by atoms with Gasteiger partial charge in [0.25, 0.3) is 9.05 Å². The van der Waals surface area contributed by atoms with Gasteiger partial charge in [0.2, 0.25) is 5.50 Å². The van der Waals surface area contributed by atoms with Crippen LogP contribution < -0.4 is 0 Å². The molecule has 1 rings (SSSR count). The van der Waals surface area contributed by atoms with Crippen LogP contribution >= 0.6 is 10.7 Å². The number of hydrogen-bond acceptors (Lipinski definition) is 3. The van der Waals surface area contributed by atoms with E-state index in [0.717, 1.165) is 12.1 Å². The third kappa shape index (κ3) is 2.57. The van der Waals surface area contributed by atoms with Crippen LogP contribution in [0.15, 0.2) is 24.3 Å². The lowest BCUT2D eigenvalue weighted by atomic mass is 10.2. The van der Waals surface area contributed by atoms with Gasteiger partial charge in [-0.2, -0.15) is 0 Å². The van der Waals surface area contributed by atoms with E-state index >= 15 is 0 Å². The van der Waals surface area contributed by atoms with Gasteiger partial charge < -0.3 is 5.11 Å². The summed E-state index contributed by atoms with van der Waals surface area (Å²) in [4.78, 5) is 0. The molecule has 72 valence electrons. The Kier molecular flexibility index (Phi) is 2.77. The van der Waals surface area contributed by atoms with Crippen molar-refractivity contribution in [3.05, 3.63) is 29.8 Å². The molecule has 1 atom stereocenters. The molecule has 13 heavy (non-hydrogen) atoms. The maximum Gasteiger partial charge on any atom is 0.269 e. The maximum absolute atomic E-state index is 13.0. The summed E-state index contributed by atoms with van der Waals surface area (Å²) in [6.07, 6.45) is 0. The Morgan fingerprint density at radius 3 is 2.15 bits per heavy atom. The van der Waals surface area contributed by atoms with Crippen LogP contribution in [-0.4, -0.2) is 13.5 Å². The van der Waals surface area contributed by atoms with Gasteiger partial charge in [-0.25, -0.2) is 12.8 Å². The Hall–Kier alpha value is -0.810. The lowest BCUT2D eigenvalue weighted by Gasteiger charge is -2.03. The minimum Gasteiger partial charge on any atom is -0.508 e. The zero-order valence-corrected chi connectivity index (χ0v) is 7.89. The van der Waals surface area contributed by atoms with Gasteiger partial charge >= 0.3 is 0 Å². The Bertz CT molecular complexity index is 387. The molecule has 6 heteroatoms. The molecule has 0 heterocycles. The topological polar surface area (TPSA) is 54.4 Å². The summed E-state index contributed by atoms with van der Waals surface area (Å²) in [6, 6.07) is 4.67. The first-order chi connectivity index (χ1) is 5.91. The molecule has 3 nitrogen and oxygen atoms in total. The van der Waals surface area contributed by atoms with E-state index in [-0.39, 0.29) is 11.3 Å². The van der Waals surface area contributed by atoms with E-state index in [1.54, 1.807) is 0 Å². The Labute approximate surface area is 79.2 Å². The Morgan fingerprint density at radius 2 is 1.77 bits per heavy atom. The minimum absolute atomic E-state index is 0.0667. The number of phenols is 1. The van der Waals surface area contributed by atoms with Crippen molar-refractivity contribution in [1.29, 1.82) is 0 Å². The van der Waals surface area contributed by atoms with Crippen LogP contribution in [0.25, 0.3) is 0 Å². The van der Waals surface area contributed by atoms with Gasteiger partial charge in [0.1, 0.15) is 5.75 Å². The molecule has 1 aromatic rings. The van der Waals surface area contributed by atoms with Crippen molar-refractivity contribution in [2.75, 3.05) is 0 Å². The first-order valence-corrected chi connectivity index (χ1v) is 5.65. The van der Waals surface area contributed by atoms with Crippen LogP contribution in [0.1, 0.15) is 11.1 Å². The van der Waals surface area contributed by atoms with Crippen LogP contribution in [0, 0.1) is 0 Å². The quantitative estimate of drug-likeness (QED) is 0.781. The zero-order valence-electron chi connectivity index (χ0n) is 6.31. The fourth-order valence-electron chi connectivity index (χ4n) is 0.788. The van der Waals surface area contributed by atoms with E-state index in [0.29, 0.717) is 0 Å². The van der Waals surface area contributed by atoms with Crippen molar-refractivity contribution in [2.24, 2.45) is 0 Å². The maximum atomic E-state index is 13.0. The van der Waals surface area contributed by atoms with E-state index in [1.807, 2.05) is 0 Å². The number of alkyl halides is 1. The summed E-state index contributed by atoms with van der Waals surface area (Å²) in [5, 5.41) is 8.84. The van der Waals surface area contributed by atoms with E-state index in [4.69, 9.17) is 15.8 Å². The standard InChI is InChI=1S/C7H6ClFO3S/c8-13(11,12)7(9)5-1-3-6(10)4-2-5/h1-4,7,10H. The molecule has 1 unspecified atom stereocenters. The summed E-state index contributed by atoms with van der Waals surface area (Å²) in [5.74, 6) is -0.0667. The number of aromatic hydroxyl groups is 1. The number of hydrogen-bond donors (Lipinski definition) is 1. The molecule has 0 aliphatic heterocycles. The number of phenolic OH excluding ortho intramolecular Hbond substituents is 1. The molecule has 0 spiro atoms. The summed E-state index contributed by atoms with van der Waals surface area (Å²) >= 11 is 0. The summed E-state index contributed by atoms with van der Waals surface area (Å²) in [6.45, 7) is 0. The highest BCUT2D eigenvalue weighted by Gasteiger charge is 2.23. The third-order valence-corrected chi connectivity index (χ3v) is 2.64. The van der Waals surface area contributed by atoms with E-state index in [2.05, 4.69) is 0 Å². The number of rotatable bonds is 2. The zero-order chi connectivity index (χ0) is 10.1. The number of benzene rings is 1. The van der Waals surface area contributed by atoms with Crippen LogP contribution in [-0.2, 0) is 9.05 Å². The van der Waals surface area contributed by atoms with Crippen molar-refractivity contribution < 1.29 is 17.9 Å². The van der Waals surface area contributed by atoms with E-state index in [9.17, 15) is 12.8 Å². The minimum atomic E-state index is -4.24. The van der Waals surface area contributed by atoms with Crippen molar-refractivity contribution in [1.82, 2.24) is 0 Å². The highest BCUT2D eigenvalue weighted by Crippen LogP contribution is 2.27. The smallest absolute Gasteiger partial charge is 0.269 e. The van der Waals surface area contributed by atoms with E-state index in [1.165, 1.54) is 12.1 Å². The molecule has 1 N–H and O–H groups in total. The molecule has 0 saturated heterocycles. The highest BCUT2D eigenvalue weighted by molar-refractivity contribution is 8.13. The van der Waals surface area contributed by atoms with Crippen molar-refractivity contribution in [3.63, 3.8) is 0 Å². The molecule has 0 aromatic heterocycles. The molecule has 0 amide bonds. The van der Waals surface area contributed by atoms with Gasteiger partial charge in [0.15, 0.2) is 0 Å². The van der Waals surface area contributed by atoms with Crippen LogP contribution in [0.3, 0.4) is 0 Å². The molecule has 0 aliphatic carbocycles. The van der Waals surface area contributed by atoms with Crippen LogP contribution in [0.2, 0.25) is 0 Å². The summed E-state index contributed by atoms with van der Waals surface area (Å²) < 4.78 is 34.1. The fraction of sp³-hybridized carbons (Fsp3) is 0.143. The van der Waals surface area contributed by atoms with Crippen LogP contribution in [0.5, 0.6) is 5.75 Å². The molecule has 0 bridgehead atoms. The largest absolute Gasteiger partial charge is 0.508 e. The second-order valence-corrected chi connectivity index (χ2v) is 5.04. The average Bonchev–Trinajstić information content (AvgIpc) is 2.03. The van der Waals surface area contributed by atoms with Crippen molar-refractivity contribution in [3.8, 4) is 5.75 Å². The van der Waals surface area contributed by atoms with Gasteiger partial charge in [0.05, 0.1) is 0 Å². The first-order valence-electron chi connectivity index (χ1n) is 3.28. The SMILES string of the molecule is O=S(=O)(Cl)C(F)c1ccc(O)cc1. The predicted molar refractivity (Wildman–Crippen MR) is 46.7 cm³/mol. The van der Waals surface area contributed by atoms with Gasteiger partial charge in [-0.15, -0.1) is 0 Å². The average molecular weight is 225 g/mol.